The van der Waals surface area contributed by atoms with Crippen molar-refractivity contribution < 1.29 is 0 Å². The van der Waals surface area contributed by atoms with Crippen LogP contribution in [0.25, 0.3) is 11.2 Å². The van der Waals surface area contributed by atoms with E-state index in [9.17, 15) is 0 Å². The number of hydrogen-bond acceptors (Lipinski definition) is 4. The molecule has 0 aliphatic carbocycles. The molecule has 2 atom stereocenters. The summed E-state index contributed by atoms with van der Waals surface area (Å²) in [6.45, 7) is 4.23. The van der Waals surface area contributed by atoms with Crippen LogP contribution in [0.3, 0.4) is 0 Å². The summed E-state index contributed by atoms with van der Waals surface area (Å²) in [5, 5.41) is 0. The quantitative estimate of drug-likeness (QED) is 0.793. The number of nitrogens with two attached hydrogens (primary N) is 1. The summed E-state index contributed by atoms with van der Waals surface area (Å²) in [4.78, 5) is 15.5. The van der Waals surface area contributed by atoms with Gasteiger partial charge in [0.15, 0.2) is 5.65 Å². The number of aromatic nitrogens is 4. The minimum Gasteiger partial charge on any atom is -0.338 e. The number of H-pyrrole nitrogens is 1. The molecule has 0 fully saturated rings. The van der Waals surface area contributed by atoms with Gasteiger partial charge in [0.1, 0.15) is 17.7 Å². The molecule has 0 saturated carbocycles. The third-order valence-corrected chi connectivity index (χ3v) is 2.75. The van der Waals surface area contributed by atoms with Crippen molar-refractivity contribution in [3.63, 3.8) is 0 Å². The summed E-state index contributed by atoms with van der Waals surface area (Å²) >= 11 is 0. The minimum atomic E-state index is -0.0656. The first-order valence-electron chi connectivity index (χ1n) is 5.13. The summed E-state index contributed by atoms with van der Waals surface area (Å²) < 4.78 is 0. The Hall–Kier alpha value is -1.49. The summed E-state index contributed by atoms with van der Waals surface area (Å²) in [6.07, 6.45) is 4.23. The lowest BCUT2D eigenvalue weighted by Crippen LogP contribution is -2.19. The summed E-state index contributed by atoms with van der Waals surface area (Å²) in [7, 11) is 0. The molecular weight excluding hydrogens is 190 g/mol. The number of rotatable bonds is 3. The number of fused-ring (bicyclic) bond motifs is 1. The number of aromatic amines is 1. The van der Waals surface area contributed by atoms with Crippen LogP contribution in [0.1, 0.15) is 32.1 Å². The van der Waals surface area contributed by atoms with Crippen LogP contribution in [0.2, 0.25) is 0 Å². The van der Waals surface area contributed by atoms with Gasteiger partial charge >= 0.3 is 0 Å². The van der Waals surface area contributed by atoms with Gasteiger partial charge in [0.05, 0.1) is 12.2 Å². The second kappa shape index (κ2) is 3.94. The van der Waals surface area contributed by atoms with Crippen molar-refractivity contribution in [2.75, 3.05) is 0 Å². The maximum atomic E-state index is 6.07. The average Bonchev–Trinajstić information content (AvgIpc) is 2.70. The van der Waals surface area contributed by atoms with E-state index in [4.69, 9.17) is 5.73 Å². The third kappa shape index (κ3) is 1.83. The molecule has 3 N–H and O–H groups in total. The fraction of sp³-hybridized carbons (Fsp3) is 0.500. The molecule has 2 rings (SSSR count). The highest BCUT2D eigenvalue weighted by Crippen LogP contribution is 2.20. The molecule has 2 aromatic rings. The van der Waals surface area contributed by atoms with Crippen molar-refractivity contribution >= 4 is 11.2 Å². The third-order valence-electron chi connectivity index (χ3n) is 2.75. The van der Waals surface area contributed by atoms with Crippen LogP contribution >= 0.6 is 0 Å². The van der Waals surface area contributed by atoms with E-state index in [0.717, 1.165) is 17.8 Å². The van der Waals surface area contributed by atoms with Crippen LogP contribution in [0, 0.1) is 5.92 Å². The maximum absolute atomic E-state index is 6.07. The zero-order chi connectivity index (χ0) is 10.8. The van der Waals surface area contributed by atoms with Crippen LogP contribution in [-0.4, -0.2) is 19.9 Å². The van der Waals surface area contributed by atoms with E-state index in [1.54, 1.807) is 6.20 Å². The molecule has 15 heavy (non-hydrogen) atoms. The van der Waals surface area contributed by atoms with Gasteiger partial charge in [-0.15, -0.1) is 0 Å². The Morgan fingerprint density at radius 1 is 1.53 bits per heavy atom. The Morgan fingerprint density at radius 3 is 3.00 bits per heavy atom. The summed E-state index contributed by atoms with van der Waals surface area (Å²) in [5.74, 6) is 1.19. The van der Waals surface area contributed by atoms with Crippen LogP contribution in [-0.2, 0) is 0 Å². The van der Waals surface area contributed by atoms with E-state index < -0.39 is 0 Å². The van der Waals surface area contributed by atoms with E-state index in [0.29, 0.717) is 11.6 Å². The fourth-order valence-corrected chi connectivity index (χ4v) is 1.46. The smallest absolute Gasteiger partial charge is 0.180 e. The van der Waals surface area contributed by atoms with Crippen molar-refractivity contribution in [3.05, 3.63) is 18.3 Å². The molecule has 0 amide bonds. The number of nitrogens with one attached hydrogen (secondary N) is 1. The first-order valence-corrected chi connectivity index (χ1v) is 5.13. The lowest BCUT2D eigenvalue weighted by Gasteiger charge is -2.15. The second-order valence-electron chi connectivity index (χ2n) is 3.79. The van der Waals surface area contributed by atoms with Crippen LogP contribution < -0.4 is 5.73 Å². The SMILES string of the molecule is CCC(C)C(N)c1nc2ncncc2[nH]1. The maximum Gasteiger partial charge on any atom is 0.180 e. The normalized spacial score (nSPS) is 15.4. The molecule has 2 heterocycles. The van der Waals surface area contributed by atoms with Gasteiger partial charge in [-0.25, -0.2) is 15.0 Å². The number of hydrogen-bond donors (Lipinski definition) is 2. The largest absolute Gasteiger partial charge is 0.338 e. The highest BCUT2D eigenvalue weighted by molar-refractivity contribution is 5.68. The molecule has 80 valence electrons. The Kier molecular flexibility index (Phi) is 2.64. The van der Waals surface area contributed by atoms with Crippen molar-refractivity contribution in [2.45, 2.75) is 26.3 Å². The van der Waals surface area contributed by atoms with Gasteiger partial charge in [-0.1, -0.05) is 20.3 Å². The molecule has 5 nitrogen and oxygen atoms in total. The lowest BCUT2D eigenvalue weighted by atomic mass is 10.00. The highest BCUT2D eigenvalue weighted by Gasteiger charge is 2.17. The van der Waals surface area contributed by atoms with E-state index >= 15 is 0 Å². The van der Waals surface area contributed by atoms with Crippen LogP contribution in [0.4, 0.5) is 0 Å². The van der Waals surface area contributed by atoms with Gasteiger partial charge in [-0.05, 0) is 5.92 Å². The van der Waals surface area contributed by atoms with Gasteiger partial charge in [0.25, 0.3) is 0 Å². The fourth-order valence-electron chi connectivity index (χ4n) is 1.46. The first kappa shape index (κ1) is 10.0. The Balaban J connectivity index is 2.36. The monoisotopic (exact) mass is 205 g/mol. The topological polar surface area (TPSA) is 80.5 Å². The van der Waals surface area contributed by atoms with Gasteiger partial charge in [-0.3, -0.25) is 0 Å². The summed E-state index contributed by atoms with van der Waals surface area (Å²) in [5.41, 5.74) is 7.59. The van der Waals surface area contributed by atoms with Crippen molar-refractivity contribution in [1.29, 1.82) is 0 Å². The minimum absolute atomic E-state index is 0.0656. The van der Waals surface area contributed by atoms with Crippen molar-refractivity contribution in [2.24, 2.45) is 11.7 Å². The van der Waals surface area contributed by atoms with E-state index in [2.05, 4.69) is 33.8 Å². The van der Waals surface area contributed by atoms with E-state index in [1.807, 2.05) is 0 Å². The van der Waals surface area contributed by atoms with Gasteiger partial charge in [-0.2, -0.15) is 0 Å². The van der Waals surface area contributed by atoms with Crippen molar-refractivity contribution in [1.82, 2.24) is 19.9 Å². The lowest BCUT2D eigenvalue weighted by molar-refractivity contribution is 0.442. The van der Waals surface area contributed by atoms with Crippen LogP contribution in [0.15, 0.2) is 12.5 Å². The van der Waals surface area contributed by atoms with E-state index in [-0.39, 0.29) is 6.04 Å². The molecular formula is C10H15N5. The van der Waals surface area contributed by atoms with Gasteiger partial charge in [0.2, 0.25) is 0 Å². The molecule has 2 aromatic heterocycles. The predicted molar refractivity (Wildman–Crippen MR) is 58.1 cm³/mol. The molecule has 5 heteroatoms. The Bertz CT molecular complexity index is 417. The molecule has 0 spiro atoms. The standard InChI is InChI=1S/C10H15N5/c1-3-6(2)8(11)10-14-7-4-12-5-13-9(7)15-10/h4-6,8H,3,11H2,1-2H3,(H,12,13,14,15). The molecule has 0 aliphatic rings. The Labute approximate surface area is 88.1 Å². The number of nitrogens with zero attached hydrogens (tertiary/aromatic N) is 3. The van der Waals surface area contributed by atoms with Gasteiger partial charge < -0.3 is 10.7 Å². The number of imidazole rings is 1. The zero-order valence-corrected chi connectivity index (χ0v) is 8.94. The molecule has 0 aliphatic heterocycles. The average molecular weight is 205 g/mol. The molecule has 0 radical (unpaired) electrons. The zero-order valence-electron chi connectivity index (χ0n) is 8.94. The van der Waals surface area contributed by atoms with Crippen molar-refractivity contribution in [3.8, 4) is 0 Å². The Morgan fingerprint density at radius 2 is 2.33 bits per heavy atom. The second-order valence-corrected chi connectivity index (χ2v) is 3.79. The molecule has 0 aromatic carbocycles. The molecule has 2 unspecified atom stereocenters. The van der Waals surface area contributed by atoms with Gasteiger partial charge in [0, 0.05) is 0 Å². The van der Waals surface area contributed by atoms with Crippen LogP contribution in [0.5, 0.6) is 0 Å². The summed E-state index contributed by atoms with van der Waals surface area (Å²) in [6, 6.07) is -0.0656. The first-order chi connectivity index (χ1) is 7.22. The predicted octanol–water partition coefficient (Wildman–Crippen LogP) is 1.40. The highest BCUT2D eigenvalue weighted by atomic mass is 15.0. The molecule has 0 bridgehead atoms. The molecule has 0 saturated heterocycles. The van der Waals surface area contributed by atoms with E-state index in [1.165, 1.54) is 6.33 Å².